The molecule has 5 nitrogen and oxygen atoms in total. The van der Waals surface area contributed by atoms with Gasteiger partial charge in [-0.2, -0.15) is 0 Å². The molecule has 0 aromatic heterocycles. The molecule has 0 aliphatic rings. The van der Waals surface area contributed by atoms with Gasteiger partial charge in [0.2, 0.25) is 5.91 Å². The molecule has 0 saturated heterocycles. The van der Waals surface area contributed by atoms with Crippen LogP contribution in [0.3, 0.4) is 0 Å². The lowest BCUT2D eigenvalue weighted by molar-refractivity contribution is 0.0966. The lowest BCUT2D eigenvalue weighted by atomic mass is 9.97. The van der Waals surface area contributed by atoms with Crippen LogP contribution in [0.1, 0.15) is 20.7 Å². The summed E-state index contributed by atoms with van der Waals surface area (Å²) in [4.78, 5) is 22.6. The van der Waals surface area contributed by atoms with E-state index in [0.717, 1.165) is 0 Å². The third-order valence-corrected chi connectivity index (χ3v) is 2.52. The molecular weight excluding hydrogens is 220 g/mol. The van der Waals surface area contributed by atoms with Crippen LogP contribution in [0, 0.1) is 0 Å². The number of nitrogens with two attached hydrogens (primary N) is 2. The Labute approximate surface area is 96.6 Å². The van der Waals surface area contributed by atoms with Crippen molar-refractivity contribution in [2.24, 2.45) is 11.5 Å². The second kappa shape index (κ2) is 3.79. The first-order valence-corrected chi connectivity index (χ1v) is 4.86. The molecule has 17 heavy (non-hydrogen) atoms. The third kappa shape index (κ3) is 1.67. The molecule has 0 atom stereocenters. The predicted octanol–water partition coefficient (Wildman–Crippen LogP) is 0.743. The lowest BCUT2D eigenvalue weighted by Crippen LogP contribution is -2.21. The van der Waals surface area contributed by atoms with Crippen molar-refractivity contribution in [3.8, 4) is 5.75 Å². The summed E-state index contributed by atoms with van der Waals surface area (Å²) in [5.74, 6) is -2.03. The quantitative estimate of drug-likeness (QED) is 0.708. The van der Waals surface area contributed by atoms with Crippen LogP contribution in [-0.2, 0) is 0 Å². The third-order valence-electron chi connectivity index (χ3n) is 2.52. The Morgan fingerprint density at radius 2 is 1.59 bits per heavy atom. The first kappa shape index (κ1) is 10.9. The highest BCUT2D eigenvalue weighted by atomic mass is 16.3. The summed E-state index contributed by atoms with van der Waals surface area (Å²) in [6, 6.07) is 8.17. The van der Waals surface area contributed by atoms with E-state index in [2.05, 4.69) is 0 Å². The van der Waals surface area contributed by atoms with Crippen molar-refractivity contribution in [2.45, 2.75) is 0 Å². The van der Waals surface area contributed by atoms with Crippen molar-refractivity contribution in [3.05, 3.63) is 41.5 Å². The van der Waals surface area contributed by atoms with Crippen LogP contribution in [0.25, 0.3) is 10.8 Å². The van der Waals surface area contributed by atoms with E-state index in [-0.39, 0.29) is 16.9 Å². The molecule has 0 spiro atoms. The highest BCUT2D eigenvalue weighted by Crippen LogP contribution is 2.29. The smallest absolute Gasteiger partial charge is 0.253 e. The maximum absolute atomic E-state index is 11.4. The summed E-state index contributed by atoms with van der Waals surface area (Å²) in [6.45, 7) is 0. The Bertz CT molecular complexity index is 635. The standard InChI is InChI=1S/C12H10N2O3/c13-11(16)9-7-4-2-1-3-6(7)5-8(15)10(9)12(14)17/h1-5,15H,(H2,13,16)(H2,14,17). The molecular formula is C12H10N2O3. The molecule has 0 unspecified atom stereocenters. The van der Waals surface area contributed by atoms with Gasteiger partial charge in [0, 0.05) is 0 Å². The number of amides is 2. The van der Waals surface area contributed by atoms with Gasteiger partial charge >= 0.3 is 0 Å². The number of fused-ring (bicyclic) bond motifs is 1. The van der Waals surface area contributed by atoms with E-state index in [1.165, 1.54) is 6.07 Å². The largest absolute Gasteiger partial charge is 0.507 e. The molecule has 0 aliphatic heterocycles. The van der Waals surface area contributed by atoms with Gasteiger partial charge in [-0.1, -0.05) is 24.3 Å². The van der Waals surface area contributed by atoms with E-state index in [1.54, 1.807) is 24.3 Å². The Morgan fingerprint density at radius 3 is 2.18 bits per heavy atom. The van der Waals surface area contributed by atoms with Gasteiger partial charge in [0.15, 0.2) is 0 Å². The van der Waals surface area contributed by atoms with Crippen molar-refractivity contribution in [2.75, 3.05) is 0 Å². The predicted molar refractivity (Wildman–Crippen MR) is 62.6 cm³/mol. The second-order valence-electron chi connectivity index (χ2n) is 3.60. The fourth-order valence-corrected chi connectivity index (χ4v) is 1.84. The summed E-state index contributed by atoms with van der Waals surface area (Å²) in [6.07, 6.45) is 0. The van der Waals surface area contributed by atoms with Gasteiger partial charge in [-0.15, -0.1) is 0 Å². The molecule has 2 aromatic rings. The number of hydrogen-bond donors (Lipinski definition) is 3. The summed E-state index contributed by atoms with van der Waals surface area (Å²) < 4.78 is 0. The SMILES string of the molecule is NC(=O)c1c(O)cc2ccccc2c1C(N)=O. The van der Waals surface area contributed by atoms with Gasteiger partial charge in [0.25, 0.3) is 5.91 Å². The zero-order valence-electron chi connectivity index (χ0n) is 8.81. The molecule has 0 radical (unpaired) electrons. The van der Waals surface area contributed by atoms with E-state index >= 15 is 0 Å². The average Bonchev–Trinajstić information content (AvgIpc) is 2.26. The van der Waals surface area contributed by atoms with E-state index in [9.17, 15) is 14.7 Å². The van der Waals surface area contributed by atoms with Crippen LogP contribution in [0.2, 0.25) is 0 Å². The maximum Gasteiger partial charge on any atom is 0.253 e. The van der Waals surface area contributed by atoms with Crippen molar-refractivity contribution in [1.29, 1.82) is 0 Å². The molecule has 0 aliphatic carbocycles. The van der Waals surface area contributed by atoms with E-state index in [1.807, 2.05) is 0 Å². The molecule has 2 amide bonds. The Balaban J connectivity index is 2.99. The zero-order valence-corrected chi connectivity index (χ0v) is 8.81. The van der Waals surface area contributed by atoms with E-state index in [4.69, 9.17) is 11.5 Å². The minimum Gasteiger partial charge on any atom is -0.507 e. The normalized spacial score (nSPS) is 10.4. The molecule has 0 heterocycles. The minimum absolute atomic E-state index is 0.0481. The number of carbonyl (C=O) groups excluding carboxylic acids is 2. The first-order valence-electron chi connectivity index (χ1n) is 4.86. The maximum atomic E-state index is 11.4. The van der Waals surface area contributed by atoms with Crippen molar-refractivity contribution < 1.29 is 14.7 Å². The second-order valence-corrected chi connectivity index (χ2v) is 3.60. The number of carbonyl (C=O) groups is 2. The highest BCUT2D eigenvalue weighted by Gasteiger charge is 2.20. The van der Waals surface area contributed by atoms with Gasteiger partial charge in [-0.3, -0.25) is 9.59 Å². The van der Waals surface area contributed by atoms with Crippen LogP contribution < -0.4 is 11.5 Å². The number of aromatic hydroxyl groups is 1. The fraction of sp³-hybridized carbons (Fsp3) is 0. The van der Waals surface area contributed by atoms with Crippen LogP contribution in [-0.4, -0.2) is 16.9 Å². The molecule has 86 valence electrons. The van der Waals surface area contributed by atoms with E-state index in [0.29, 0.717) is 10.8 Å². The number of rotatable bonds is 2. The van der Waals surface area contributed by atoms with Crippen molar-refractivity contribution in [1.82, 2.24) is 0 Å². The fourth-order valence-electron chi connectivity index (χ4n) is 1.84. The lowest BCUT2D eigenvalue weighted by Gasteiger charge is -2.09. The van der Waals surface area contributed by atoms with E-state index < -0.39 is 11.8 Å². The molecule has 0 saturated carbocycles. The molecule has 2 aromatic carbocycles. The van der Waals surface area contributed by atoms with Crippen LogP contribution in [0.15, 0.2) is 30.3 Å². The minimum atomic E-state index is -0.887. The number of phenols is 1. The van der Waals surface area contributed by atoms with Gasteiger partial charge in [0.05, 0.1) is 11.1 Å². The molecule has 0 bridgehead atoms. The summed E-state index contributed by atoms with van der Waals surface area (Å²) in [5.41, 5.74) is 10.1. The number of benzene rings is 2. The summed E-state index contributed by atoms with van der Waals surface area (Å²) in [7, 11) is 0. The average molecular weight is 230 g/mol. The van der Waals surface area contributed by atoms with Gasteiger partial charge in [0.1, 0.15) is 5.75 Å². The van der Waals surface area contributed by atoms with Crippen LogP contribution >= 0.6 is 0 Å². The number of primary amides is 2. The van der Waals surface area contributed by atoms with Gasteiger partial charge in [-0.25, -0.2) is 0 Å². The topological polar surface area (TPSA) is 106 Å². The highest BCUT2D eigenvalue weighted by molar-refractivity contribution is 6.16. The Morgan fingerprint density at radius 1 is 1.00 bits per heavy atom. The Kier molecular flexibility index (Phi) is 2.44. The molecule has 5 N–H and O–H groups in total. The van der Waals surface area contributed by atoms with Crippen molar-refractivity contribution in [3.63, 3.8) is 0 Å². The molecule has 2 rings (SSSR count). The molecule has 5 heteroatoms. The zero-order chi connectivity index (χ0) is 12.6. The van der Waals surface area contributed by atoms with Crippen LogP contribution in [0.4, 0.5) is 0 Å². The van der Waals surface area contributed by atoms with Gasteiger partial charge < -0.3 is 16.6 Å². The van der Waals surface area contributed by atoms with Crippen LogP contribution in [0.5, 0.6) is 5.75 Å². The van der Waals surface area contributed by atoms with Gasteiger partial charge in [-0.05, 0) is 16.8 Å². The molecule has 0 fully saturated rings. The summed E-state index contributed by atoms with van der Waals surface area (Å²) in [5, 5.41) is 10.8. The Hall–Kier alpha value is -2.56. The summed E-state index contributed by atoms with van der Waals surface area (Å²) >= 11 is 0. The number of hydrogen-bond acceptors (Lipinski definition) is 3. The monoisotopic (exact) mass is 230 g/mol. The van der Waals surface area contributed by atoms with Crippen molar-refractivity contribution >= 4 is 22.6 Å². The first-order chi connectivity index (χ1) is 8.02.